The fourth-order valence-corrected chi connectivity index (χ4v) is 5.96. The predicted octanol–water partition coefficient (Wildman–Crippen LogP) is 3.15. The Morgan fingerprint density at radius 2 is 2.28 bits per heavy atom. The van der Waals surface area contributed by atoms with E-state index >= 15 is 0 Å². The number of fused-ring (bicyclic) bond motifs is 5. The summed E-state index contributed by atoms with van der Waals surface area (Å²) in [5.41, 5.74) is 8.11. The summed E-state index contributed by atoms with van der Waals surface area (Å²) in [4.78, 5) is 4.63. The Hall–Kier alpha value is -0.410. The molecule has 0 aliphatic heterocycles. The molecule has 0 amide bonds. The highest BCUT2D eigenvalue weighted by atomic mass is 32.1. The van der Waals surface area contributed by atoms with E-state index in [0.29, 0.717) is 0 Å². The van der Waals surface area contributed by atoms with Crippen molar-refractivity contribution in [1.82, 2.24) is 4.98 Å². The molecule has 1 aromatic rings. The van der Waals surface area contributed by atoms with Crippen LogP contribution in [0.15, 0.2) is 5.38 Å². The van der Waals surface area contributed by atoms with Crippen molar-refractivity contribution < 1.29 is 0 Å². The van der Waals surface area contributed by atoms with Crippen molar-refractivity contribution in [2.45, 2.75) is 51.0 Å². The number of nitrogens with zero attached hydrogens (tertiary/aromatic N) is 1. The van der Waals surface area contributed by atoms with Crippen molar-refractivity contribution in [2.24, 2.45) is 29.4 Å². The van der Waals surface area contributed by atoms with Gasteiger partial charge in [-0.25, -0.2) is 4.98 Å². The van der Waals surface area contributed by atoms with Crippen molar-refractivity contribution >= 4 is 11.3 Å². The Bertz CT molecular complexity index is 469. The molecule has 18 heavy (non-hydrogen) atoms. The molecule has 2 bridgehead atoms. The summed E-state index contributed by atoms with van der Waals surface area (Å²) in [6, 6.07) is 0. The molecule has 4 rings (SSSR count). The van der Waals surface area contributed by atoms with Gasteiger partial charge in [0, 0.05) is 17.3 Å². The first kappa shape index (κ1) is 11.4. The highest BCUT2D eigenvalue weighted by molar-refractivity contribution is 7.09. The van der Waals surface area contributed by atoms with Crippen LogP contribution in [0.4, 0.5) is 0 Å². The molecule has 2 nitrogen and oxygen atoms in total. The second kappa shape index (κ2) is 3.80. The zero-order valence-electron chi connectivity index (χ0n) is 11.1. The fourth-order valence-electron chi connectivity index (χ4n) is 5.34. The predicted molar refractivity (Wildman–Crippen MR) is 74.5 cm³/mol. The van der Waals surface area contributed by atoms with E-state index in [9.17, 15) is 0 Å². The number of rotatable bonds is 2. The Morgan fingerprint density at radius 1 is 1.44 bits per heavy atom. The monoisotopic (exact) mass is 262 g/mol. The fraction of sp³-hybridized carbons (Fsp3) is 0.800. The number of aryl methyl sites for hydroxylation is 1. The molecule has 0 radical (unpaired) electrons. The lowest BCUT2D eigenvalue weighted by molar-refractivity contribution is 0.155. The normalized spacial score (nSPS) is 45.7. The van der Waals surface area contributed by atoms with E-state index in [2.05, 4.69) is 17.3 Å². The van der Waals surface area contributed by atoms with E-state index in [-0.39, 0.29) is 5.54 Å². The maximum Gasteiger partial charge on any atom is 0.0897 e. The minimum atomic E-state index is 0.0662. The van der Waals surface area contributed by atoms with Gasteiger partial charge in [0.1, 0.15) is 0 Å². The molecule has 3 heteroatoms. The number of aromatic nitrogens is 1. The molecule has 0 aromatic carbocycles. The minimum Gasteiger partial charge on any atom is -0.324 e. The van der Waals surface area contributed by atoms with Crippen molar-refractivity contribution in [2.75, 3.05) is 0 Å². The average Bonchev–Trinajstić information content (AvgIpc) is 2.99. The molecule has 5 atom stereocenters. The molecule has 3 aliphatic carbocycles. The molecular formula is C15H22N2S. The quantitative estimate of drug-likeness (QED) is 0.889. The second-order valence-electron chi connectivity index (χ2n) is 6.83. The maximum absolute atomic E-state index is 6.81. The van der Waals surface area contributed by atoms with Crippen LogP contribution in [0.25, 0.3) is 0 Å². The second-order valence-corrected chi connectivity index (χ2v) is 7.90. The van der Waals surface area contributed by atoms with Gasteiger partial charge in [0.15, 0.2) is 0 Å². The Balaban J connectivity index is 1.58. The van der Waals surface area contributed by atoms with Gasteiger partial charge in [0.25, 0.3) is 0 Å². The van der Waals surface area contributed by atoms with Crippen LogP contribution in [0, 0.1) is 30.6 Å². The van der Waals surface area contributed by atoms with Crippen LogP contribution in [0.3, 0.4) is 0 Å². The zero-order chi connectivity index (χ0) is 12.3. The van der Waals surface area contributed by atoms with Crippen LogP contribution < -0.4 is 5.73 Å². The summed E-state index contributed by atoms with van der Waals surface area (Å²) >= 11 is 1.76. The first-order valence-electron chi connectivity index (χ1n) is 7.35. The third-order valence-electron chi connectivity index (χ3n) is 5.86. The van der Waals surface area contributed by atoms with Gasteiger partial charge >= 0.3 is 0 Å². The van der Waals surface area contributed by atoms with Gasteiger partial charge < -0.3 is 5.73 Å². The summed E-state index contributed by atoms with van der Waals surface area (Å²) < 4.78 is 0. The van der Waals surface area contributed by atoms with Gasteiger partial charge in [-0.3, -0.25) is 0 Å². The van der Waals surface area contributed by atoms with Crippen molar-refractivity contribution in [3.05, 3.63) is 16.1 Å². The van der Waals surface area contributed by atoms with Crippen molar-refractivity contribution in [3.8, 4) is 0 Å². The molecular weight excluding hydrogens is 240 g/mol. The summed E-state index contributed by atoms with van der Waals surface area (Å²) in [5, 5.41) is 3.39. The smallest absolute Gasteiger partial charge is 0.0897 e. The molecule has 0 saturated heterocycles. The van der Waals surface area contributed by atoms with Gasteiger partial charge in [-0.1, -0.05) is 6.42 Å². The molecule has 98 valence electrons. The number of nitrogens with two attached hydrogens (primary N) is 1. The minimum absolute atomic E-state index is 0.0662. The highest BCUT2D eigenvalue weighted by Crippen LogP contribution is 2.62. The Morgan fingerprint density at radius 3 is 3.06 bits per heavy atom. The molecule has 1 aromatic heterocycles. The van der Waals surface area contributed by atoms with E-state index in [0.717, 1.165) is 30.1 Å². The third-order valence-corrected chi connectivity index (χ3v) is 6.68. The Kier molecular flexibility index (Phi) is 2.41. The van der Waals surface area contributed by atoms with Crippen LogP contribution in [0.5, 0.6) is 0 Å². The summed E-state index contributed by atoms with van der Waals surface area (Å²) in [6.45, 7) is 2.09. The van der Waals surface area contributed by atoms with E-state index in [1.165, 1.54) is 42.8 Å². The third kappa shape index (κ3) is 1.53. The zero-order valence-corrected chi connectivity index (χ0v) is 11.9. The lowest BCUT2D eigenvalue weighted by Gasteiger charge is -2.40. The van der Waals surface area contributed by atoms with Crippen LogP contribution in [-0.2, 0) is 6.42 Å². The maximum atomic E-state index is 6.81. The van der Waals surface area contributed by atoms with E-state index < -0.39 is 0 Å². The van der Waals surface area contributed by atoms with Crippen LogP contribution >= 0.6 is 11.3 Å². The lowest BCUT2D eigenvalue weighted by atomic mass is 9.69. The first-order valence-corrected chi connectivity index (χ1v) is 8.23. The van der Waals surface area contributed by atoms with Gasteiger partial charge in [0.2, 0.25) is 0 Å². The number of thiazole rings is 1. The van der Waals surface area contributed by atoms with E-state index in [1.54, 1.807) is 11.3 Å². The van der Waals surface area contributed by atoms with Crippen molar-refractivity contribution in [1.29, 1.82) is 0 Å². The number of hydrogen-bond donors (Lipinski definition) is 1. The molecule has 5 unspecified atom stereocenters. The highest BCUT2D eigenvalue weighted by Gasteiger charge is 2.59. The van der Waals surface area contributed by atoms with Gasteiger partial charge in [0.05, 0.1) is 10.7 Å². The van der Waals surface area contributed by atoms with Gasteiger partial charge in [-0.15, -0.1) is 11.3 Å². The molecule has 0 spiro atoms. The first-order chi connectivity index (χ1) is 8.66. The molecule has 1 heterocycles. The van der Waals surface area contributed by atoms with Crippen LogP contribution in [-0.4, -0.2) is 10.5 Å². The summed E-state index contributed by atoms with van der Waals surface area (Å²) in [5.74, 6) is 3.71. The Labute approximate surface area is 113 Å². The summed E-state index contributed by atoms with van der Waals surface area (Å²) in [7, 11) is 0. The van der Waals surface area contributed by atoms with Gasteiger partial charge in [-0.2, -0.15) is 0 Å². The van der Waals surface area contributed by atoms with Crippen molar-refractivity contribution in [3.63, 3.8) is 0 Å². The summed E-state index contributed by atoms with van der Waals surface area (Å²) in [6.07, 6.45) is 8.07. The average molecular weight is 262 g/mol. The van der Waals surface area contributed by atoms with Crippen LogP contribution in [0.1, 0.15) is 42.8 Å². The largest absolute Gasteiger partial charge is 0.324 e. The molecule has 3 fully saturated rings. The van der Waals surface area contributed by atoms with Gasteiger partial charge in [-0.05, 0) is 56.3 Å². The van der Waals surface area contributed by atoms with Crippen LogP contribution in [0.2, 0.25) is 0 Å². The standard InChI is InChI=1S/C15H22N2S/c1-9-17-11(8-18-9)7-15(16)6-10-5-14(15)13-4-2-3-12(10)13/h8,10,12-14H,2-7,16H2,1H3. The van der Waals surface area contributed by atoms with E-state index in [1.807, 2.05) is 0 Å². The molecule has 3 aliphatic rings. The molecule has 2 N–H and O–H groups in total. The van der Waals surface area contributed by atoms with E-state index in [4.69, 9.17) is 5.73 Å². The molecule has 3 saturated carbocycles. The number of hydrogen-bond acceptors (Lipinski definition) is 3. The SMILES string of the molecule is Cc1nc(CC2(N)CC3CC2C2CCCC32)cs1. The topological polar surface area (TPSA) is 38.9 Å². The lowest BCUT2D eigenvalue weighted by Crippen LogP contribution is -2.51.